The number of nitrogens with one attached hydrogen (secondary N) is 1. The first-order valence-corrected chi connectivity index (χ1v) is 11.3. The van der Waals surface area contributed by atoms with Crippen LogP contribution in [0.3, 0.4) is 0 Å². The third kappa shape index (κ3) is 4.01. The maximum atomic E-state index is 13.2. The number of rotatable bonds is 7. The quantitative estimate of drug-likeness (QED) is 0.456. The zero-order valence-corrected chi connectivity index (χ0v) is 18.5. The van der Waals surface area contributed by atoms with E-state index < -0.39 is 0 Å². The van der Waals surface area contributed by atoms with E-state index in [2.05, 4.69) is 50.8 Å². The van der Waals surface area contributed by atoms with Gasteiger partial charge in [-0.3, -0.25) is 4.79 Å². The summed E-state index contributed by atoms with van der Waals surface area (Å²) in [6.07, 6.45) is 5.15. The number of aryl methyl sites for hydroxylation is 2. The summed E-state index contributed by atoms with van der Waals surface area (Å²) in [6, 6.07) is 14.7. The van der Waals surface area contributed by atoms with Crippen molar-refractivity contribution in [3.63, 3.8) is 0 Å². The Labute approximate surface area is 187 Å². The number of nitrogens with zero attached hydrogens (tertiary/aromatic N) is 4. The number of imidazole rings is 1. The number of hydrogen-bond donors (Lipinski definition) is 1. The van der Waals surface area contributed by atoms with Gasteiger partial charge in [-0.15, -0.1) is 0 Å². The number of aromatic nitrogens is 3. The Hall–Kier alpha value is -3.16. The largest absolute Gasteiger partial charge is 0.378 e. The molecule has 0 unspecified atom stereocenters. The topological polar surface area (TPSA) is 63.8 Å². The fourth-order valence-corrected chi connectivity index (χ4v) is 4.43. The van der Waals surface area contributed by atoms with Crippen molar-refractivity contribution in [1.82, 2.24) is 24.2 Å². The molecular formula is C25H29N5O2. The lowest BCUT2D eigenvalue weighted by molar-refractivity contribution is 0.0298. The van der Waals surface area contributed by atoms with Gasteiger partial charge in [0.25, 0.3) is 5.91 Å². The monoisotopic (exact) mass is 431 g/mol. The van der Waals surface area contributed by atoms with Crippen molar-refractivity contribution in [2.75, 3.05) is 32.8 Å². The van der Waals surface area contributed by atoms with E-state index in [9.17, 15) is 4.79 Å². The van der Waals surface area contributed by atoms with Gasteiger partial charge in [0.15, 0.2) is 5.69 Å². The van der Waals surface area contributed by atoms with Crippen LogP contribution in [-0.4, -0.2) is 57.6 Å². The first kappa shape index (κ1) is 20.7. The number of morpholine rings is 1. The normalized spacial score (nSPS) is 14.5. The highest BCUT2D eigenvalue weighted by molar-refractivity contribution is 5.94. The minimum atomic E-state index is -0.00740. The van der Waals surface area contributed by atoms with Crippen molar-refractivity contribution in [3.8, 4) is 0 Å². The summed E-state index contributed by atoms with van der Waals surface area (Å²) < 4.78 is 9.75. The van der Waals surface area contributed by atoms with Crippen LogP contribution in [0.4, 0.5) is 0 Å². The Kier molecular flexibility index (Phi) is 5.92. The predicted octanol–water partition coefficient (Wildman–Crippen LogP) is 3.25. The second kappa shape index (κ2) is 9.14. The molecule has 32 heavy (non-hydrogen) atoms. The number of amides is 1. The molecule has 1 aliphatic rings. The van der Waals surface area contributed by atoms with E-state index in [4.69, 9.17) is 9.72 Å². The van der Waals surface area contributed by atoms with Crippen LogP contribution in [0.15, 0.2) is 54.9 Å². The van der Waals surface area contributed by atoms with Gasteiger partial charge in [0.2, 0.25) is 0 Å². The molecular weight excluding hydrogens is 402 g/mol. The van der Waals surface area contributed by atoms with E-state index in [0.717, 1.165) is 36.4 Å². The van der Waals surface area contributed by atoms with Gasteiger partial charge in [-0.1, -0.05) is 24.3 Å². The second-order valence-corrected chi connectivity index (χ2v) is 8.29. The van der Waals surface area contributed by atoms with Crippen molar-refractivity contribution in [2.45, 2.75) is 26.4 Å². The van der Waals surface area contributed by atoms with E-state index in [-0.39, 0.29) is 5.91 Å². The molecule has 1 amide bonds. The van der Waals surface area contributed by atoms with Gasteiger partial charge in [0.1, 0.15) is 5.65 Å². The maximum Gasteiger partial charge on any atom is 0.274 e. The van der Waals surface area contributed by atoms with Gasteiger partial charge in [0, 0.05) is 44.1 Å². The Morgan fingerprint density at radius 2 is 1.94 bits per heavy atom. The molecule has 3 aromatic heterocycles. The maximum absolute atomic E-state index is 13.2. The first-order chi connectivity index (χ1) is 15.7. The summed E-state index contributed by atoms with van der Waals surface area (Å²) in [6.45, 7) is 6.84. The van der Waals surface area contributed by atoms with Crippen molar-refractivity contribution in [1.29, 1.82) is 0 Å². The fourth-order valence-electron chi connectivity index (χ4n) is 4.43. The molecule has 0 bridgehead atoms. The molecule has 4 aromatic rings. The number of para-hydroxylation sites is 1. The van der Waals surface area contributed by atoms with E-state index in [1.807, 2.05) is 30.2 Å². The third-order valence-electron chi connectivity index (χ3n) is 6.17. The van der Waals surface area contributed by atoms with Crippen LogP contribution in [0, 0.1) is 6.92 Å². The number of benzene rings is 1. The van der Waals surface area contributed by atoms with Crippen LogP contribution >= 0.6 is 0 Å². The molecule has 0 radical (unpaired) electrons. The van der Waals surface area contributed by atoms with Crippen LogP contribution in [-0.2, 0) is 17.8 Å². The van der Waals surface area contributed by atoms with Crippen molar-refractivity contribution >= 4 is 22.5 Å². The van der Waals surface area contributed by atoms with Crippen molar-refractivity contribution in [3.05, 3.63) is 71.8 Å². The molecule has 1 fully saturated rings. The fraction of sp³-hybridized carbons (Fsp3) is 0.360. The average molecular weight is 432 g/mol. The molecule has 0 saturated carbocycles. The predicted molar refractivity (Wildman–Crippen MR) is 125 cm³/mol. The molecule has 0 aliphatic carbocycles. The molecule has 7 nitrogen and oxygen atoms in total. The van der Waals surface area contributed by atoms with Gasteiger partial charge in [-0.2, -0.15) is 0 Å². The molecule has 5 rings (SSSR count). The number of hydrogen-bond acceptors (Lipinski definition) is 4. The van der Waals surface area contributed by atoms with E-state index in [1.165, 1.54) is 10.9 Å². The van der Waals surface area contributed by atoms with Gasteiger partial charge in [-0.05, 0) is 49.0 Å². The summed E-state index contributed by atoms with van der Waals surface area (Å²) in [5, 5.41) is 4.81. The highest BCUT2D eigenvalue weighted by Gasteiger charge is 2.25. The third-order valence-corrected chi connectivity index (χ3v) is 6.17. The number of pyridine rings is 1. The van der Waals surface area contributed by atoms with Crippen LogP contribution in [0.1, 0.15) is 28.2 Å². The Bertz CT molecular complexity index is 1240. The zero-order valence-electron chi connectivity index (χ0n) is 18.5. The lowest BCUT2D eigenvalue weighted by Crippen LogP contribution is -2.41. The van der Waals surface area contributed by atoms with E-state index in [1.54, 1.807) is 0 Å². The molecule has 0 spiro atoms. The Morgan fingerprint density at radius 1 is 1.09 bits per heavy atom. The molecule has 7 heteroatoms. The second-order valence-electron chi connectivity index (χ2n) is 8.29. The van der Waals surface area contributed by atoms with Gasteiger partial charge in [-0.25, -0.2) is 4.98 Å². The summed E-state index contributed by atoms with van der Waals surface area (Å²) in [4.78, 5) is 19.8. The van der Waals surface area contributed by atoms with E-state index in [0.29, 0.717) is 38.5 Å². The van der Waals surface area contributed by atoms with Gasteiger partial charge < -0.3 is 23.9 Å². The molecule has 4 heterocycles. The van der Waals surface area contributed by atoms with Gasteiger partial charge in [0.05, 0.1) is 18.9 Å². The standard InChI is InChI=1S/C25H29N5O2/c1-19-6-4-12-30-22(23(27-24(19)30)25(31)29-14-16-32-17-15-29)18-26-10-5-11-28-13-9-20-7-2-3-8-21(20)28/h2-4,6-9,12-13,26H,5,10-11,14-18H2,1H3. The summed E-state index contributed by atoms with van der Waals surface area (Å²) in [5.74, 6) is -0.00740. The summed E-state index contributed by atoms with van der Waals surface area (Å²) in [7, 11) is 0. The minimum Gasteiger partial charge on any atom is -0.378 e. The minimum absolute atomic E-state index is 0.00740. The highest BCUT2D eigenvalue weighted by Crippen LogP contribution is 2.19. The molecule has 1 N–H and O–H groups in total. The number of carbonyl (C=O) groups excluding carboxylic acids is 1. The van der Waals surface area contributed by atoms with Gasteiger partial charge >= 0.3 is 0 Å². The molecule has 166 valence electrons. The molecule has 1 aromatic carbocycles. The van der Waals surface area contributed by atoms with Crippen molar-refractivity contribution in [2.24, 2.45) is 0 Å². The van der Waals surface area contributed by atoms with Crippen LogP contribution in [0.5, 0.6) is 0 Å². The smallest absolute Gasteiger partial charge is 0.274 e. The van der Waals surface area contributed by atoms with Crippen LogP contribution in [0.25, 0.3) is 16.6 Å². The molecule has 1 saturated heterocycles. The Balaban J connectivity index is 1.28. The number of ether oxygens (including phenoxy) is 1. The lowest BCUT2D eigenvalue weighted by Gasteiger charge is -2.26. The summed E-state index contributed by atoms with van der Waals surface area (Å²) >= 11 is 0. The molecule has 0 atom stereocenters. The SMILES string of the molecule is Cc1cccn2c(CNCCCn3ccc4ccccc43)c(C(=O)N3CCOCC3)nc12. The zero-order chi connectivity index (χ0) is 21.9. The summed E-state index contributed by atoms with van der Waals surface area (Å²) in [5.41, 5.74) is 4.65. The molecule has 1 aliphatic heterocycles. The van der Waals surface area contributed by atoms with Crippen LogP contribution in [0.2, 0.25) is 0 Å². The Morgan fingerprint density at radius 3 is 2.81 bits per heavy atom. The van der Waals surface area contributed by atoms with E-state index >= 15 is 0 Å². The highest BCUT2D eigenvalue weighted by atomic mass is 16.5. The van der Waals surface area contributed by atoms with Crippen LogP contribution < -0.4 is 5.32 Å². The number of carbonyl (C=O) groups is 1. The first-order valence-electron chi connectivity index (χ1n) is 11.3. The number of fused-ring (bicyclic) bond motifs is 2. The lowest BCUT2D eigenvalue weighted by atomic mass is 10.2. The average Bonchev–Trinajstić information content (AvgIpc) is 3.41. The van der Waals surface area contributed by atoms with Crippen molar-refractivity contribution < 1.29 is 9.53 Å².